The summed E-state index contributed by atoms with van der Waals surface area (Å²) in [7, 11) is 0. The number of carboxylic acids is 1. The second kappa shape index (κ2) is 4.56. The van der Waals surface area contributed by atoms with E-state index >= 15 is 0 Å². The van der Waals surface area contributed by atoms with Crippen molar-refractivity contribution in [1.29, 1.82) is 0 Å². The quantitative estimate of drug-likeness (QED) is 0.821. The first-order chi connectivity index (χ1) is 7.68. The van der Waals surface area contributed by atoms with Crippen LogP contribution >= 0.6 is 0 Å². The molecule has 0 unspecified atom stereocenters. The molecule has 3 heteroatoms. The van der Waals surface area contributed by atoms with Gasteiger partial charge in [-0.3, -0.25) is 4.79 Å². The highest BCUT2D eigenvalue weighted by Gasteiger charge is 2.16. The van der Waals surface area contributed by atoms with Gasteiger partial charge in [0.1, 0.15) is 5.75 Å². The summed E-state index contributed by atoms with van der Waals surface area (Å²) in [4.78, 5) is 10.5. The molecule has 1 aliphatic carbocycles. The van der Waals surface area contributed by atoms with Crippen molar-refractivity contribution in [1.82, 2.24) is 0 Å². The van der Waals surface area contributed by atoms with Gasteiger partial charge in [-0.2, -0.15) is 0 Å². The molecule has 86 valence electrons. The SMILES string of the molecule is O=C(O)CCc1ccc2c(c1O)CCCC2. The van der Waals surface area contributed by atoms with E-state index in [1.165, 1.54) is 12.0 Å². The summed E-state index contributed by atoms with van der Waals surface area (Å²) in [6.07, 6.45) is 4.73. The highest BCUT2D eigenvalue weighted by atomic mass is 16.4. The lowest BCUT2D eigenvalue weighted by Crippen LogP contribution is -2.05. The number of rotatable bonds is 3. The Morgan fingerprint density at radius 1 is 1.25 bits per heavy atom. The highest BCUT2D eigenvalue weighted by molar-refractivity contribution is 5.67. The van der Waals surface area contributed by atoms with Crippen molar-refractivity contribution >= 4 is 5.97 Å². The van der Waals surface area contributed by atoms with Crippen LogP contribution in [0, 0.1) is 0 Å². The lowest BCUT2D eigenvalue weighted by Gasteiger charge is -2.18. The third-order valence-corrected chi connectivity index (χ3v) is 3.19. The van der Waals surface area contributed by atoms with Gasteiger partial charge in [0.2, 0.25) is 0 Å². The highest BCUT2D eigenvalue weighted by Crippen LogP contribution is 2.32. The summed E-state index contributed by atoms with van der Waals surface area (Å²) in [6.45, 7) is 0. The fourth-order valence-corrected chi connectivity index (χ4v) is 2.30. The van der Waals surface area contributed by atoms with Crippen molar-refractivity contribution in [2.24, 2.45) is 0 Å². The molecule has 0 aromatic heterocycles. The maximum absolute atomic E-state index is 10.5. The molecule has 0 heterocycles. The predicted molar refractivity (Wildman–Crippen MR) is 60.7 cm³/mol. The maximum Gasteiger partial charge on any atom is 0.303 e. The van der Waals surface area contributed by atoms with E-state index in [4.69, 9.17) is 5.11 Å². The van der Waals surface area contributed by atoms with Crippen LogP contribution in [0.25, 0.3) is 0 Å². The van der Waals surface area contributed by atoms with Gasteiger partial charge < -0.3 is 10.2 Å². The van der Waals surface area contributed by atoms with Crippen molar-refractivity contribution in [3.63, 3.8) is 0 Å². The molecule has 16 heavy (non-hydrogen) atoms. The Labute approximate surface area is 94.7 Å². The summed E-state index contributed by atoms with van der Waals surface area (Å²) in [6, 6.07) is 3.90. The fraction of sp³-hybridized carbons (Fsp3) is 0.462. The molecule has 0 bridgehead atoms. The number of aromatic hydroxyl groups is 1. The van der Waals surface area contributed by atoms with Gasteiger partial charge in [-0.25, -0.2) is 0 Å². The summed E-state index contributed by atoms with van der Waals surface area (Å²) in [5.74, 6) is -0.490. The Morgan fingerprint density at radius 3 is 2.75 bits per heavy atom. The predicted octanol–water partition coefficient (Wildman–Crippen LogP) is 2.29. The van der Waals surface area contributed by atoms with Gasteiger partial charge >= 0.3 is 5.97 Å². The van der Waals surface area contributed by atoms with Gasteiger partial charge in [-0.1, -0.05) is 12.1 Å². The number of aliphatic carboxylic acids is 1. The molecule has 1 aromatic carbocycles. The molecule has 2 N–H and O–H groups in total. The van der Waals surface area contributed by atoms with Gasteiger partial charge in [0, 0.05) is 6.42 Å². The number of carboxylic acid groups (broad SMARTS) is 1. The molecule has 0 saturated heterocycles. The molecule has 0 aliphatic heterocycles. The number of fused-ring (bicyclic) bond motifs is 1. The lowest BCUT2D eigenvalue weighted by molar-refractivity contribution is -0.136. The lowest BCUT2D eigenvalue weighted by atomic mass is 9.88. The van der Waals surface area contributed by atoms with Crippen molar-refractivity contribution in [2.75, 3.05) is 0 Å². The van der Waals surface area contributed by atoms with Crippen LogP contribution < -0.4 is 0 Å². The van der Waals surface area contributed by atoms with E-state index < -0.39 is 5.97 Å². The number of aryl methyl sites for hydroxylation is 2. The number of phenols is 1. The van der Waals surface area contributed by atoms with Gasteiger partial charge in [0.15, 0.2) is 0 Å². The molecule has 0 radical (unpaired) electrons. The van der Waals surface area contributed by atoms with Gasteiger partial charge in [-0.15, -0.1) is 0 Å². The van der Waals surface area contributed by atoms with E-state index in [0.29, 0.717) is 12.2 Å². The van der Waals surface area contributed by atoms with Gasteiger partial charge in [-0.05, 0) is 48.8 Å². The number of hydrogen-bond acceptors (Lipinski definition) is 2. The minimum atomic E-state index is -0.822. The van der Waals surface area contributed by atoms with Crippen LogP contribution in [0.2, 0.25) is 0 Å². The van der Waals surface area contributed by atoms with Crippen molar-refractivity contribution in [3.05, 3.63) is 28.8 Å². The first-order valence-electron chi connectivity index (χ1n) is 5.73. The van der Waals surface area contributed by atoms with E-state index in [2.05, 4.69) is 0 Å². The first-order valence-corrected chi connectivity index (χ1v) is 5.73. The van der Waals surface area contributed by atoms with Crippen LogP contribution in [-0.2, 0) is 24.1 Å². The second-order valence-electron chi connectivity index (χ2n) is 4.31. The van der Waals surface area contributed by atoms with E-state index in [0.717, 1.165) is 30.4 Å². The van der Waals surface area contributed by atoms with Crippen LogP contribution in [-0.4, -0.2) is 16.2 Å². The third-order valence-electron chi connectivity index (χ3n) is 3.19. The Hall–Kier alpha value is -1.51. The fourth-order valence-electron chi connectivity index (χ4n) is 2.30. The third kappa shape index (κ3) is 2.18. The van der Waals surface area contributed by atoms with Crippen molar-refractivity contribution in [3.8, 4) is 5.75 Å². The number of hydrogen-bond donors (Lipinski definition) is 2. The molecule has 0 atom stereocenters. The van der Waals surface area contributed by atoms with Crippen LogP contribution in [0.4, 0.5) is 0 Å². The van der Waals surface area contributed by atoms with Crippen LogP contribution in [0.15, 0.2) is 12.1 Å². The maximum atomic E-state index is 10.5. The van der Waals surface area contributed by atoms with E-state index in [1.807, 2.05) is 12.1 Å². The van der Waals surface area contributed by atoms with E-state index in [-0.39, 0.29) is 6.42 Å². The van der Waals surface area contributed by atoms with Crippen LogP contribution in [0.3, 0.4) is 0 Å². The Bertz CT molecular complexity index is 410. The molecule has 0 saturated carbocycles. The summed E-state index contributed by atoms with van der Waals surface area (Å²) in [5.41, 5.74) is 3.03. The first kappa shape index (κ1) is 11.0. The molecular formula is C13H16O3. The van der Waals surface area contributed by atoms with Crippen molar-refractivity contribution in [2.45, 2.75) is 38.5 Å². The Morgan fingerprint density at radius 2 is 2.00 bits per heavy atom. The van der Waals surface area contributed by atoms with E-state index in [1.54, 1.807) is 0 Å². The average Bonchev–Trinajstić information content (AvgIpc) is 2.28. The number of phenolic OH excluding ortho intramolecular Hbond substituents is 1. The zero-order chi connectivity index (χ0) is 11.5. The normalized spacial score (nSPS) is 14.5. The van der Waals surface area contributed by atoms with E-state index in [9.17, 15) is 9.90 Å². The van der Waals surface area contributed by atoms with Gasteiger partial charge in [0.05, 0.1) is 0 Å². The minimum Gasteiger partial charge on any atom is -0.507 e. The van der Waals surface area contributed by atoms with Crippen LogP contribution in [0.1, 0.15) is 36.0 Å². The molecular weight excluding hydrogens is 204 g/mol. The summed E-state index contributed by atoms with van der Waals surface area (Å²) >= 11 is 0. The molecule has 0 fully saturated rings. The number of benzene rings is 1. The monoisotopic (exact) mass is 220 g/mol. The van der Waals surface area contributed by atoms with Crippen molar-refractivity contribution < 1.29 is 15.0 Å². The Kier molecular flexibility index (Phi) is 3.13. The van der Waals surface area contributed by atoms with Gasteiger partial charge in [0.25, 0.3) is 0 Å². The molecule has 0 amide bonds. The largest absolute Gasteiger partial charge is 0.507 e. The zero-order valence-electron chi connectivity index (χ0n) is 9.20. The summed E-state index contributed by atoms with van der Waals surface area (Å²) < 4.78 is 0. The standard InChI is InChI=1S/C13H16O3/c14-12(15)8-7-10-6-5-9-3-1-2-4-11(9)13(10)16/h5-6,16H,1-4,7-8H2,(H,14,15). The zero-order valence-corrected chi connectivity index (χ0v) is 9.20. The second-order valence-corrected chi connectivity index (χ2v) is 4.31. The Balaban J connectivity index is 2.23. The average molecular weight is 220 g/mol. The topological polar surface area (TPSA) is 57.5 Å². The minimum absolute atomic E-state index is 0.0757. The molecule has 1 aromatic rings. The van der Waals surface area contributed by atoms with Crippen LogP contribution in [0.5, 0.6) is 5.75 Å². The summed E-state index contributed by atoms with van der Waals surface area (Å²) in [5, 5.41) is 18.7. The molecule has 2 rings (SSSR count). The number of carbonyl (C=O) groups is 1. The molecule has 1 aliphatic rings. The molecule has 3 nitrogen and oxygen atoms in total. The smallest absolute Gasteiger partial charge is 0.303 e. The molecule has 0 spiro atoms.